The fourth-order valence-electron chi connectivity index (χ4n) is 1.81. The van der Waals surface area contributed by atoms with E-state index in [1.807, 2.05) is 37.7 Å². The van der Waals surface area contributed by atoms with Crippen LogP contribution in [0.3, 0.4) is 0 Å². The van der Waals surface area contributed by atoms with Gasteiger partial charge >= 0.3 is 6.03 Å². The first-order chi connectivity index (χ1) is 9.66. The van der Waals surface area contributed by atoms with Gasteiger partial charge in [-0.15, -0.1) is 11.3 Å². The number of urea groups is 1. The first-order valence-electron chi connectivity index (χ1n) is 6.32. The van der Waals surface area contributed by atoms with Gasteiger partial charge in [-0.3, -0.25) is 5.32 Å². The Morgan fingerprint density at radius 1 is 1.35 bits per heavy atom. The number of pyridine rings is 1. The second-order valence-electron chi connectivity index (χ2n) is 4.54. The van der Waals surface area contributed by atoms with Crippen LogP contribution in [-0.4, -0.2) is 36.6 Å². The van der Waals surface area contributed by atoms with Gasteiger partial charge in [-0.1, -0.05) is 12.1 Å². The molecular formula is C14H18N4OS. The summed E-state index contributed by atoms with van der Waals surface area (Å²) in [6.07, 6.45) is 1.64. The number of hydrogen-bond acceptors (Lipinski definition) is 4. The average Bonchev–Trinajstić information content (AvgIpc) is 2.93. The van der Waals surface area contributed by atoms with E-state index in [1.165, 1.54) is 4.88 Å². The van der Waals surface area contributed by atoms with Gasteiger partial charge in [0.25, 0.3) is 0 Å². The number of carbonyl (C=O) groups is 1. The van der Waals surface area contributed by atoms with Crippen LogP contribution >= 0.6 is 11.3 Å². The van der Waals surface area contributed by atoms with Crippen LogP contribution in [0, 0.1) is 0 Å². The van der Waals surface area contributed by atoms with Gasteiger partial charge in [-0.2, -0.15) is 0 Å². The maximum absolute atomic E-state index is 11.8. The van der Waals surface area contributed by atoms with Crippen LogP contribution in [-0.2, 0) is 0 Å². The molecule has 0 saturated carbocycles. The number of hydrogen-bond donors (Lipinski definition) is 2. The smallest absolute Gasteiger partial charge is 0.320 e. The number of carbonyl (C=O) groups excluding carboxylic acids is 1. The largest absolute Gasteiger partial charge is 0.336 e. The highest BCUT2D eigenvalue weighted by Crippen LogP contribution is 2.22. The lowest BCUT2D eigenvalue weighted by Gasteiger charge is -2.23. The highest BCUT2D eigenvalue weighted by molar-refractivity contribution is 7.10. The third kappa shape index (κ3) is 4.04. The van der Waals surface area contributed by atoms with Gasteiger partial charge in [0, 0.05) is 17.6 Å². The van der Waals surface area contributed by atoms with Crippen molar-refractivity contribution in [2.24, 2.45) is 0 Å². The quantitative estimate of drug-likeness (QED) is 0.890. The van der Waals surface area contributed by atoms with E-state index in [4.69, 9.17) is 0 Å². The normalized spacial score (nSPS) is 12.2. The summed E-state index contributed by atoms with van der Waals surface area (Å²) in [5, 5.41) is 7.62. The zero-order valence-corrected chi connectivity index (χ0v) is 12.4. The minimum atomic E-state index is -0.243. The van der Waals surface area contributed by atoms with Crippen molar-refractivity contribution < 1.29 is 4.79 Å². The van der Waals surface area contributed by atoms with Crippen molar-refractivity contribution in [1.29, 1.82) is 0 Å². The van der Waals surface area contributed by atoms with E-state index in [2.05, 4.69) is 26.6 Å². The molecule has 2 N–H and O–H groups in total. The summed E-state index contributed by atoms with van der Waals surface area (Å²) in [7, 11) is 4.01. The number of thiophene rings is 1. The van der Waals surface area contributed by atoms with Gasteiger partial charge in [0.15, 0.2) is 0 Å². The first kappa shape index (κ1) is 14.5. The summed E-state index contributed by atoms with van der Waals surface area (Å²) in [5.74, 6) is 0.544. The molecule has 6 heteroatoms. The Hall–Kier alpha value is -1.92. The molecule has 0 aliphatic carbocycles. The third-order valence-electron chi connectivity index (χ3n) is 2.86. The Kier molecular flexibility index (Phi) is 5.09. The molecule has 0 spiro atoms. The van der Waals surface area contributed by atoms with Gasteiger partial charge in [0.05, 0.1) is 6.04 Å². The Balaban J connectivity index is 1.88. The topological polar surface area (TPSA) is 57.3 Å². The van der Waals surface area contributed by atoms with Crippen LogP contribution in [0.25, 0.3) is 0 Å². The Bertz CT molecular complexity index is 527. The number of anilines is 1. The van der Waals surface area contributed by atoms with Crippen LogP contribution < -0.4 is 10.6 Å². The molecule has 1 atom stereocenters. The molecule has 5 nitrogen and oxygen atoms in total. The Morgan fingerprint density at radius 2 is 2.20 bits per heavy atom. The lowest BCUT2D eigenvalue weighted by atomic mass is 10.2. The molecule has 0 bridgehead atoms. The standard InChI is InChI=1S/C14H18N4OS/c1-18(2)11(12-6-5-9-20-12)10-16-14(19)17-13-7-3-4-8-15-13/h3-9,11H,10H2,1-2H3,(H2,15,16,17,19)/t11-/m1/s1. The second-order valence-corrected chi connectivity index (χ2v) is 5.52. The predicted molar refractivity (Wildman–Crippen MR) is 82.0 cm³/mol. The van der Waals surface area contributed by atoms with Gasteiger partial charge in [0.1, 0.15) is 5.82 Å². The van der Waals surface area contributed by atoms with E-state index in [0.29, 0.717) is 12.4 Å². The average molecular weight is 290 g/mol. The van der Waals surface area contributed by atoms with Crippen molar-refractivity contribution in [1.82, 2.24) is 15.2 Å². The minimum Gasteiger partial charge on any atom is -0.336 e. The van der Waals surface area contributed by atoms with Crippen LogP contribution in [0.2, 0.25) is 0 Å². The lowest BCUT2D eigenvalue weighted by molar-refractivity contribution is 0.244. The van der Waals surface area contributed by atoms with Gasteiger partial charge in [-0.25, -0.2) is 9.78 Å². The molecule has 0 unspecified atom stereocenters. The SMILES string of the molecule is CN(C)[C@H](CNC(=O)Nc1ccccn1)c1cccs1. The molecule has 2 aromatic rings. The number of nitrogens with zero attached hydrogens (tertiary/aromatic N) is 2. The second kappa shape index (κ2) is 7.02. The molecule has 2 amide bonds. The summed E-state index contributed by atoms with van der Waals surface area (Å²) in [4.78, 5) is 19.2. The summed E-state index contributed by atoms with van der Waals surface area (Å²) in [6.45, 7) is 0.548. The first-order valence-corrected chi connectivity index (χ1v) is 7.20. The maximum Gasteiger partial charge on any atom is 0.320 e. The van der Waals surface area contributed by atoms with Crippen molar-refractivity contribution in [3.05, 3.63) is 46.8 Å². The van der Waals surface area contributed by atoms with Crippen LogP contribution in [0.15, 0.2) is 41.9 Å². The zero-order valence-electron chi connectivity index (χ0n) is 11.5. The van der Waals surface area contributed by atoms with E-state index >= 15 is 0 Å². The number of aromatic nitrogens is 1. The summed E-state index contributed by atoms with van der Waals surface area (Å²) in [5.41, 5.74) is 0. The van der Waals surface area contributed by atoms with E-state index in [1.54, 1.807) is 23.6 Å². The monoisotopic (exact) mass is 290 g/mol. The molecule has 0 fully saturated rings. The number of likely N-dealkylation sites (N-methyl/N-ethyl adjacent to an activating group) is 1. The molecule has 0 saturated heterocycles. The van der Waals surface area contributed by atoms with Crippen LogP contribution in [0.5, 0.6) is 0 Å². The van der Waals surface area contributed by atoms with E-state index in [-0.39, 0.29) is 12.1 Å². The van der Waals surface area contributed by atoms with Gasteiger partial charge in [0.2, 0.25) is 0 Å². The molecule has 2 aromatic heterocycles. The van der Waals surface area contributed by atoms with E-state index < -0.39 is 0 Å². The van der Waals surface area contributed by atoms with Gasteiger partial charge in [-0.05, 0) is 37.7 Å². The highest BCUT2D eigenvalue weighted by Gasteiger charge is 2.16. The van der Waals surface area contributed by atoms with E-state index in [0.717, 1.165) is 0 Å². The van der Waals surface area contributed by atoms with Crippen molar-refractivity contribution in [2.45, 2.75) is 6.04 Å². The fraction of sp³-hybridized carbons (Fsp3) is 0.286. The summed E-state index contributed by atoms with van der Waals surface area (Å²) in [6, 6.07) is 9.41. The Labute approximate surface area is 122 Å². The number of amides is 2. The molecule has 106 valence electrons. The number of nitrogens with one attached hydrogen (secondary N) is 2. The Morgan fingerprint density at radius 3 is 2.80 bits per heavy atom. The van der Waals surface area contributed by atoms with Crippen LogP contribution in [0.1, 0.15) is 10.9 Å². The molecule has 20 heavy (non-hydrogen) atoms. The van der Waals surface area contributed by atoms with Crippen molar-refractivity contribution >= 4 is 23.2 Å². The highest BCUT2D eigenvalue weighted by atomic mass is 32.1. The molecule has 0 radical (unpaired) electrons. The molecular weight excluding hydrogens is 272 g/mol. The molecule has 0 aliphatic heterocycles. The number of rotatable bonds is 5. The third-order valence-corrected chi connectivity index (χ3v) is 3.83. The maximum atomic E-state index is 11.8. The summed E-state index contributed by atoms with van der Waals surface area (Å²) < 4.78 is 0. The summed E-state index contributed by atoms with van der Waals surface area (Å²) >= 11 is 1.69. The fourth-order valence-corrected chi connectivity index (χ4v) is 2.73. The predicted octanol–water partition coefficient (Wildman–Crippen LogP) is 2.57. The van der Waals surface area contributed by atoms with Crippen molar-refractivity contribution in [3.63, 3.8) is 0 Å². The lowest BCUT2D eigenvalue weighted by Crippen LogP contribution is -2.36. The minimum absolute atomic E-state index is 0.171. The van der Waals surface area contributed by atoms with Crippen LogP contribution in [0.4, 0.5) is 10.6 Å². The molecule has 2 rings (SSSR count). The molecule has 0 aromatic carbocycles. The van der Waals surface area contributed by atoms with Crippen molar-refractivity contribution in [3.8, 4) is 0 Å². The zero-order chi connectivity index (χ0) is 14.4. The molecule has 2 heterocycles. The van der Waals surface area contributed by atoms with Crippen molar-refractivity contribution in [2.75, 3.05) is 26.0 Å². The van der Waals surface area contributed by atoms with E-state index in [9.17, 15) is 4.79 Å². The molecule has 0 aliphatic rings. The van der Waals surface area contributed by atoms with Gasteiger partial charge < -0.3 is 10.2 Å².